The first kappa shape index (κ1) is 18.2. The first-order valence-corrected chi connectivity index (χ1v) is 8.92. The molecular weight excluding hydrogens is 401 g/mol. The van der Waals surface area contributed by atoms with E-state index in [1.54, 1.807) is 42.5 Å². The van der Waals surface area contributed by atoms with E-state index >= 15 is 0 Å². The van der Waals surface area contributed by atoms with Gasteiger partial charge in [0.2, 0.25) is 0 Å². The average molecular weight is 412 g/mol. The largest absolute Gasteiger partial charge is 0.322 e. The molecule has 8 heteroatoms. The van der Waals surface area contributed by atoms with Crippen LogP contribution in [0.15, 0.2) is 60.8 Å². The number of rotatable bonds is 3. The van der Waals surface area contributed by atoms with Crippen molar-refractivity contribution in [3.05, 3.63) is 87.7 Å². The van der Waals surface area contributed by atoms with Gasteiger partial charge in [0.25, 0.3) is 17.7 Å². The molecule has 1 N–H and O–H groups in total. The van der Waals surface area contributed by atoms with Gasteiger partial charge in [-0.25, -0.2) is 9.88 Å². The highest BCUT2D eigenvalue weighted by Crippen LogP contribution is 2.35. The predicted octanol–water partition coefficient (Wildman–Crippen LogP) is 4.44. The molecule has 0 atom stereocenters. The summed E-state index contributed by atoms with van der Waals surface area (Å²) >= 11 is 12.2. The highest BCUT2D eigenvalue weighted by atomic mass is 35.5. The van der Waals surface area contributed by atoms with Gasteiger partial charge in [0.15, 0.2) is 0 Å². The maximum atomic E-state index is 12.6. The molecule has 6 nitrogen and oxygen atoms in total. The zero-order chi connectivity index (χ0) is 19.8. The van der Waals surface area contributed by atoms with E-state index in [1.807, 2.05) is 0 Å². The summed E-state index contributed by atoms with van der Waals surface area (Å²) in [5, 5.41) is 2.88. The SMILES string of the molecule is O=C(Nc1ccc(N2C(=O)c3ccccc3C2=O)c(Cl)c1)c1cccnc1Cl. The number of amides is 3. The van der Waals surface area contributed by atoms with Gasteiger partial charge in [0, 0.05) is 11.9 Å². The van der Waals surface area contributed by atoms with Crippen LogP contribution < -0.4 is 10.2 Å². The van der Waals surface area contributed by atoms with E-state index in [9.17, 15) is 14.4 Å². The quantitative estimate of drug-likeness (QED) is 0.510. The molecule has 0 saturated heterocycles. The summed E-state index contributed by atoms with van der Waals surface area (Å²) in [6.45, 7) is 0. The molecule has 1 aliphatic rings. The Kier molecular flexibility index (Phi) is 4.58. The van der Waals surface area contributed by atoms with E-state index in [4.69, 9.17) is 23.2 Å². The molecule has 1 aromatic heterocycles. The molecule has 1 aliphatic heterocycles. The molecule has 0 saturated carbocycles. The highest BCUT2D eigenvalue weighted by Gasteiger charge is 2.37. The van der Waals surface area contributed by atoms with Gasteiger partial charge in [-0.2, -0.15) is 0 Å². The lowest BCUT2D eigenvalue weighted by Crippen LogP contribution is -2.29. The van der Waals surface area contributed by atoms with Crippen LogP contribution in [0.5, 0.6) is 0 Å². The summed E-state index contributed by atoms with van der Waals surface area (Å²) in [6.07, 6.45) is 1.48. The van der Waals surface area contributed by atoms with Crippen LogP contribution >= 0.6 is 23.2 Å². The fourth-order valence-corrected chi connectivity index (χ4v) is 3.40. The first-order chi connectivity index (χ1) is 13.5. The molecule has 3 aromatic rings. The third kappa shape index (κ3) is 3.02. The lowest BCUT2D eigenvalue weighted by Gasteiger charge is -2.16. The van der Waals surface area contributed by atoms with Crippen LogP contribution in [0.3, 0.4) is 0 Å². The molecule has 3 amide bonds. The third-order valence-corrected chi connectivity index (χ3v) is 4.85. The Labute approximate surface area is 169 Å². The molecule has 138 valence electrons. The van der Waals surface area contributed by atoms with E-state index in [2.05, 4.69) is 10.3 Å². The zero-order valence-corrected chi connectivity index (χ0v) is 15.7. The Morgan fingerprint density at radius 1 is 0.929 bits per heavy atom. The minimum absolute atomic E-state index is 0.0775. The van der Waals surface area contributed by atoms with E-state index < -0.39 is 17.7 Å². The summed E-state index contributed by atoms with van der Waals surface area (Å²) in [6, 6.07) is 14.2. The first-order valence-electron chi connectivity index (χ1n) is 8.16. The highest BCUT2D eigenvalue weighted by molar-refractivity contribution is 6.40. The second-order valence-corrected chi connectivity index (χ2v) is 6.72. The molecule has 0 aliphatic carbocycles. The van der Waals surface area contributed by atoms with Crippen molar-refractivity contribution in [3.63, 3.8) is 0 Å². The maximum absolute atomic E-state index is 12.6. The van der Waals surface area contributed by atoms with E-state index in [0.29, 0.717) is 16.8 Å². The van der Waals surface area contributed by atoms with Crippen LogP contribution in [0.1, 0.15) is 31.1 Å². The second-order valence-electron chi connectivity index (χ2n) is 5.95. The number of benzene rings is 2. The number of aromatic nitrogens is 1. The van der Waals surface area contributed by atoms with E-state index in [0.717, 1.165) is 4.90 Å². The molecule has 4 rings (SSSR count). The van der Waals surface area contributed by atoms with Gasteiger partial charge < -0.3 is 5.32 Å². The number of anilines is 2. The lowest BCUT2D eigenvalue weighted by molar-refractivity contribution is 0.0924. The topological polar surface area (TPSA) is 79.4 Å². The van der Waals surface area contributed by atoms with Crippen molar-refractivity contribution in [3.8, 4) is 0 Å². The van der Waals surface area contributed by atoms with Crippen LogP contribution in [-0.2, 0) is 0 Å². The summed E-state index contributed by atoms with van der Waals surface area (Å²) < 4.78 is 0. The number of carbonyl (C=O) groups is 3. The van der Waals surface area contributed by atoms with Gasteiger partial charge in [-0.05, 0) is 42.5 Å². The lowest BCUT2D eigenvalue weighted by atomic mass is 10.1. The van der Waals surface area contributed by atoms with Gasteiger partial charge >= 0.3 is 0 Å². The van der Waals surface area contributed by atoms with Gasteiger partial charge in [-0.1, -0.05) is 35.3 Å². The van der Waals surface area contributed by atoms with E-state index in [-0.39, 0.29) is 21.4 Å². The molecule has 2 aromatic carbocycles. The number of carbonyl (C=O) groups excluding carboxylic acids is 3. The number of imide groups is 1. The molecule has 0 unspecified atom stereocenters. The summed E-state index contributed by atoms with van der Waals surface area (Å²) in [4.78, 5) is 42.4. The van der Waals surface area contributed by atoms with Crippen molar-refractivity contribution in [2.45, 2.75) is 0 Å². The molecule has 0 radical (unpaired) electrons. The van der Waals surface area contributed by atoms with Crippen LogP contribution in [0.4, 0.5) is 11.4 Å². The maximum Gasteiger partial charge on any atom is 0.266 e. The van der Waals surface area contributed by atoms with Crippen molar-refractivity contribution in [2.75, 3.05) is 10.2 Å². The van der Waals surface area contributed by atoms with E-state index in [1.165, 1.54) is 18.3 Å². The van der Waals surface area contributed by atoms with Gasteiger partial charge in [-0.3, -0.25) is 14.4 Å². The van der Waals surface area contributed by atoms with Gasteiger partial charge in [0.1, 0.15) is 5.15 Å². The second kappa shape index (κ2) is 7.07. The Morgan fingerprint density at radius 2 is 1.61 bits per heavy atom. The normalized spacial score (nSPS) is 12.9. The Morgan fingerprint density at radius 3 is 2.21 bits per heavy atom. The molecule has 0 spiro atoms. The van der Waals surface area contributed by atoms with Crippen molar-refractivity contribution in [1.82, 2.24) is 4.98 Å². The number of hydrogen-bond donors (Lipinski definition) is 1. The minimum atomic E-state index is -0.456. The fraction of sp³-hybridized carbons (Fsp3) is 0. The Balaban J connectivity index is 1.61. The van der Waals surface area contributed by atoms with Crippen molar-refractivity contribution < 1.29 is 14.4 Å². The molecular formula is C20H11Cl2N3O3. The summed E-state index contributed by atoms with van der Waals surface area (Å²) in [7, 11) is 0. The monoisotopic (exact) mass is 411 g/mol. The molecule has 0 fully saturated rings. The van der Waals surface area contributed by atoms with Crippen LogP contribution in [0.2, 0.25) is 10.2 Å². The fourth-order valence-electron chi connectivity index (χ4n) is 2.93. The standard InChI is InChI=1S/C20H11Cl2N3O3/c21-15-10-11(24-18(26)14-6-3-9-23-17(14)22)7-8-16(15)25-19(27)12-4-1-2-5-13(12)20(25)28/h1-10H,(H,24,26). The number of pyridine rings is 1. The van der Waals surface area contributed by atoms with Crippen molar-refractivity contribution in [2.24, 2.45) is 0 Å². The Hall–Kier alpha value is -3.22. The zero-order valence-electron chi connectivity index (χ0n) is 14.1. The van der Waals surface area contributed by atoms with Crippen LogP contribution in [0.25, 0.3) is 0 Å². The number of nitrogens with zero attached hydrogens (tertiary/aromatic N) is 2. The minimum Gasteiger partial charge on any atom is -0.322 e. The Bertz CT molecular complexity index is 1110. The van der Waals surface area contributed by atoms with Crippen molar-refractivity contribution in [1.29, 1.82) is 0 Å². The molecule has 28 heavy (non-hydrogen) atoms. The number of fused-ring (bicyclic) bond motifs is 1. The number of hydrogen-bond acceptors (Lipinski definition) is 4. The molecule has 2 heterocycles. The number of nitrogens with one attached hydrogen (secondary N) is 1. The van der Waals surface area contributed by atoms with Crippen molar-refractivity contribution >= 4 is 52.3 Å². The van der Waals surface area contributed by atoms with Gasteiger partial charge in [0.05, 0.1) is 27.4 Å². The van der Waals surface area contributed by atoms with Gasteiger partial charge in [-0.15, -0.1) is 0 Å². The molecule has 0 bridgehead atoms. The van der Waals surface area contributed by atoms with Crippen LogP contribution in [-0.4, -0.2) is 22.7 Å². The van der Waals surface area contributed by atoms with Crippen LogP contribution in [0, 0.1) is 0 Å². The number of halogens is 2. The summed E-state index contributed by atoms with van der Waals surface area (Å²) in [5.74, 6) is -1.34. The average Bonchev–Trinajstić information content (AvgIpc) is 2.93. The third-order valence-electron chi connectivity index (χ3n) is 4.24. The predicted molar refractivity (Wildman–Crippen MR) is 106 cm³/mol. The smallest absolute Gasteiger partial charge is 0.266 e. The summed E-state index contributed by atoms with van der Waals surface area (Å²) in [5.41, 5.74) is 1.49.